The van der Waals surface area contributed by atoms with Crippen molar-refractivity contribution in [3.8, 4) is 0 Å². The fourth-order valence-corrected chi connectivity index (χ4v) is 3.22. The first-order chi connectivity index (χ1) is 10.2. The largest absolute Gasteiger partial charge is 0.314 e. The first kappa shape index (κ1) is 16.5. The molecular formula is C18H31N3. The Kier molecular flexibility index (Phi) is 6.68. The highest BCUT2D eigenvalue weighted by molar-refractivity contribution is 5.19. The van der Waals surface area contributed by atoms with Crippen LogP contribution >= 0.6 is 0 Å². The van der Waals surface area contributed by atoms with Crippen LogP contribution in [-0.2, 0) is 0 Å². The second-order valence-electron chi connectivity index (χ2n) is 6.58. The lowest BCUT2D eigenvalue weighted by Gasteiger charge is -2.30. The number of hydrogen-bond acceptors (Lipinski definition) is 3. The molecule has 2 rings (SSSR count). The minimum Gasteiger partial charge on any atom is -0.314 e. The Morgan fingerprint density at radius 2 is 2.00 bits per heavy atom. The van der Waals surface area contributed by atoms with Crippen molar-refractivity contribution >= 4 is 0 Å². The molecule has 3 heteroatoms. The maximum atomic E-state index is 3.73. The van der Waals surface area contributed by atoms with Crippen LogP contribution in [0.15, 0.2) is 30.3 Å². The molecule has 2 N–H and O–H groups in total. The summed E-state index contributed by atoms with van der Waals surface area (Å²) in [6.45, 7) is 4.51. The Labute approximate surface area is 130 Å². The second-order valence-corrected chi connectivity index (χ2v) is 6.58. The van der Waals surface area contributed by atoms with Crippen molar-refractivity contribution in [3.63, 3.8) is 0 Å². The van der Waals surface area contributed by atoms with Crippen LogP contribution in [-0.4, -0.2) is 44.2 Å². The minimum absolute atomic E-state index is 0.438. The molecule has 1 aromatic rings. The molecular weight excluding hydrogens is 258 g/mol. The van der Waals surface area contributed by atoms with Gasteiger partial charge in [-0.2, -0.15) is 0 Å². The zero-order chi connectivity index (χ0) is 15.1. The maximum Gasteiger partial charge on any atom is 0.0466 e. The van der Waals surface area contributed by atoms with Gasteiger partial charge in [0.1, 0.15) is 0 Å². The van der Waals surface area contributed by atoms with E-state index in [1.165, 1.54) is 37.8 Å². The summed E-state index contributed by atoms with van der Waals surface area (Å²) in [5.74, 6) is 0. The monoisotopic (exact) mass is 289 g/mol. The van der Waals surface area contributed by atoms with E-state index >= 15 is 0 Å². The molecule has 21 heavy (non-hydrogen) atoms. The second kappa shape index (κ2) is 8.52. The number of piperidine rings is 1. The molecule has 1 aliphatic rings. The summed E-state index contributed by atoms with van der Waals surface area (Å²) in [7, 11) is 4.32. The van der Waals surface area contributed by atoms with Gasteiger partial charge in [0.25, 0.3) is 0 Å². The predicted molar refractivity (Wildman–Crippen MR) is 90.6 cm³/mol. The van der Waals surface area contributed by atoms with Gasteiger partial charge >= 0.3 is 0 Å². The van der Waals surface area contributed by atoms with Gasteiger partial charge in [-0.3, -0.25) is 0 Å². The van der Waals surface area contributed by atoms with Gasteiger partial charge < -0.3 is 15.5 Å². The lowest BCUT2D eigenvalue weighted by Crippen LogP contribution is -2.42. The van der Waals surface area contributed by atoms with Crippen LogP contribution in [0, 0.1) is 0 Å². The highest BCUT2D eigenvalue weighted by Crippen LogP contribution is 2.18. The number of rotatable bonds is 7. The lowest BCUT2D eigenvalue weighted by atomic mass is 9.98. The molecule has 0 aliphatic carbocycles. The highest BCUT2D eigenvalue weighted by Gasteiger charge is 2.18. The van der Waals surface area contributed by atoms with E-state index in [2.05, 4.69) is 66.9 Å². The molecule has 1 saturated heterocycles. The van der Waals surface area contributed by atoms with E-state index in [-0.39, 0.29) is 0 Å². The zero-order valence-electron chi connectivity index (χ0n) is 13.8. The first-order valence-electron chi connectivity index (χ1n) is 8.35. The fourth-order valence-electron chi connectivity index (χ4n) is 3.22. The van der Waals surface area contributed by atoms with Crippen LogP contribution in [0.5, 0.6) is 0 Å². The molecule has 0 radical (unpaired) electrons. The van der Waals surface area contributed by atoms with Crippen molar-refractivity contribution in [3.05, 3.63) is 35.9 Å². The van der Waals surface area contributed by atoms with Crippen molar-refractivity contribution in [1.29, 1.82) is 0 Å². The van der Waals surface area contributed by atoms with Crippen LogP contribution in [0.4, 0.5) is 0 Å². The molecule has 1 aliphatic heterocycles. The van der Waals surface area contributed by atoms with E-state index in [1.54, 1.807) is 0 Å². The van der Waals surface area contributed by atoms with Crippen molar-refractivity contribution in [2.75, 3.05) is 27.2 Å². The molecule has 118 valence electrons. The van der Waals surface area contributed by atoms with Gasteiger partial charge in [0.2, 0.25) is 0 Å². The molecule has 1 fully saturated rings. The summed E-state index contributed by atoms with van der Waals surface area (Å²) in [5.41, 5.74) is 1.39. The average molecular weight is 289 g/mol. The number of likely N-dealkylation sites (N-methyl/N-ethyl adjacent to an activating group) is 1. The van der Waals surface area contributed by atoms with Gasteiger partial charge in [0.15, 0.2) is 0 Å². The summed E-state index contributed by atoms with van der Waals surface area (Å²) >= 11 is 0. The van der Waals surface area contributed by atoms with Crippen LogP contribution in [0.2, 0.25) is 0 Å². The van der Waals surface area contributed by atoms with E-state index in [1.807, 2.05) is 0 Å². The van der Waals surface area contributed by atoms with E-state index in [9.17, 15) is 0 Å². The normalized spacial score (nSPS) is 22.2. The minimum atomic E-state index is 0.438. The van der Waals surface area contributed by atoms with Crippen molar-refractivity contribution < 1.29 is 0 Å². The Hall–Kier alpha value is -0.900. The van der Waals surface area contributed by atoms with Crippen molar-refractivity contribution in [2.24, 2.45) is 0 Å². The van der Waals surface area contributed by atoms with E-state index in [0.717, 1.165) is 6.54 Å². The maximum absolute atomic E-state index is 3.73. The number of hydrogen-bond donors (Lipinski definition) is 2. The molecule has 3 nitrogen and oxygen atoms in total. The van der Waals surface area contributed by atoms with Gasteiger partial charge in [0.05, 0.1) is 0 Å². The third-order valence-corrected chi connectivity index (χ3v) is 4.52. The topological polar surface area (TPSA) is 27.3 Å². The number of nitrogens with one attached hydrogen (secondary N) is 2. The van der Waals surface area contributed by atoms with Gasteiger partial charge in [-0.1, -0.05) is 36.8 Å². The van der Waals surface area contributed by atoms with Gasteiger partial charge in [-0.05, 0) is 52.4 Å². The molecule has 0 saturated carbocycles. The smallest absolute Gasteiger partial charge is 0.0466 e. The van der Waals surface area contributed by atoms with E-state index in [4.69, 9.17) is 0 Å². The quantitative estimate of drug-likeness (QED) is 0.808. The van der Waals surface area contributed by atoms with Crippen molar-refractivity contribution in [1.82, 2.24) is 15.5 Å². The SMILES string of the molecule is CC(CC1CCCCN1)NCC(c1ccccc1)N(C)C. The molecule has 0 amide bonds. The zero-order valence-corrected chi connectivity index (χ0v) is 13.8. The summed E-state index contributed by atoms with van der Waals surface area (Å²) < 4.78 is 0. The molecule has 0 bridgehead atoms. The average Bonchev–Trinajstić information content (AvgIpc) is 2.49. The van der Waals surface area contributed by atoms with Crippen LogP contribution in [0.25, 0.3) is 0 Å². The first-order valence-corrected chi connectivity index (χ1v) is 8.35. The predicted octanol–water partition coefficient (Wildman–Crippen LogP) is 2.80. The summed E-state index contributed by atoms with van der Waals surface area (Å²) in [6, 6.07) is 12.5. The molecule has 0 aromatic heterocycles. The molecule has 3 unspecified atom stereocenters. The van der Waals surface area contributed by atoms with Crippen LogP contribution in [0.1, 0.15) is 44.2 Å². The van der Waals surface area contributed by atoms with Gasteiger partial charge in [-0.25, -0.2) is 0 Å². The molecule has 3 atom stereocenters. The Balaban J connectivity index is 1.81. The van der Waals surface area contributed by atoms with Crippen LogP contribution in [0.3, 0.4) is 0 Å². The van der Waals surface area contributed by atoms with Gasteiger partial charge in [-0.15, -0.1) is 0 Å². The number of benzene rings is 1. The Bertz CT molecular complexity index is 385. The third-order valence-electron chi connectivity index (χ3n) is 4.52. The molecule has 1 heterocycles. The number of nitrogens with zero attached hydrogens (tertiary/aromatic N) is 1. The summed E-state index contributed by atoms with van der Waals surface area (Å²) in [5, 5.41) is 7.37. The van der Waals surface area contributed by atoms with E-state index < -0.39 is 0 Å². The standard InChI is InChI=1S/C18H31N3/c1-15(13-17-11-7-8-12-19-17)20-14-18(21(2)3)16-9-5-4-6-10-16/h4-6,9-10,15,17-20H,7-8,11-14H2,1-3H3. The van der Waals surface area contributed by atoms with E-state index in [0.29, 0.717) is 18.1 Å². The van der Waals surface area contributed by atoms with Crippen molar-refractivity contribution in [2.45, 2.75) is 50.7 Å². The Morgan fingerprint density at radius 1 is 1.24 bits per heavy atom. The molecule has 1 aromatic carbocycles. The summed E-state index contributed by atoms with van der Waals surface area (Å²) in [6.07, 6.45) is 5.29. The fraction of sp³-hybridized carbons (Fsp3) is 0.667. The third kappa shape index (κ3) is 5.42. The highest BCUT2D eigenvalue weighted by atomic mass is 15.1. The van der Waals surface area contributed by atoms with Crippen LogP contribution < -0.4 is 10.6 Å². The summed E-state index contributed by atoms with van der Waals surface area (Å²) in [4.78, 5) is 2.30. The Morgan fingerprint density at radius 3 is 2.62 bits per heavy atom. The molecule has 0 spiro atoms. The lowest BCUT2D eigenvalue weighted by molar-refractivity contribution is 0.270. The van der Waals surface area contributed by atoms with Gasteiger partial charge in [0, 0.05) is 24.7 Å².